The molecule has 1 saturated heterocycles. The van der Waals surface area contributed by atoms with E-state index in [9.17, 15) is 4.79 Å². The SMILES string of the molecule is COCCOc1cccc(NC(=O)C2CCCN2Cc2ccccc2)c1. The number of nitrogens with one attached hydrogen (secondary N) is 1. The molecule has 2 aromatic rings. The number of hydrogen-bond donors (Lipinski definition) is 1. The van der Waals surface area contributed by atoms with Crippen LogP contribution in [-0.2, 0) is 16.1 Å². The Labute approximate surface area is 154 Å². The molecule has 1 unspecified atom stereocenters. The van der Waals surface area contributed by atoms with Gasteiger partial charge in [-0.1, -0.05) is 36.4 Å². The Balaban J connectivity index is 1.59. The number of hydrogen-bond acceptors (Lipinski definition) is 4. The second-order valence-electron chi connectivity index (χ2n) is 6.47. The minimum atomic E-state index is -0.0896. The van der Waals surface area contributed by atoms with E-state index in [2.05, 4.69) is 22.3 Å². The van der Waals surface area contributed by atoms with Gasteiger partial charge in [-0.15, -0.1) is 0 Å². The third-order valence-corrected chi connectivity index (χ3v) is 4.55. The van der Waals surface area contributed by atoms with Crippen molar-refractivity contribution in [3.63, 3.8) is 0 Å². The highest BCUT2D eigenvalue weighted by molar-refractivity contribution is 5.95. The van der Waals surface area contributed by atoms with Gasteiger partial charge in [0.05, 0.1) is 12.6 Å². The van der Waals surface area contributed by atoms with Crippen LogP contribution < -0.4 is 10.1 Å². The van der Waals surface area contributed by atoms with E-state index in [1.54, 1.807) is 7.11 Å². The summed E-state index contributed by atoms with van der Waals surface area (Å²) in [5.74, 6) is 0.778. The highest BCUT2D eigenvalue weighted by Crippen LogP contribution is 2.23. The zero-order valence-corrected chi connectivity index (χ0v) is 15.2. The van der Waals surface area contributed by atoms with Crippen LogP contribution in [0.3, 0.4) is 0 Å². The van der Waals surface area contributed by atoms with Gasteiger partial charge < -0.3 is 14.8 Å². The predicted octanol–water partition coefficient (Wildman–Crippen LogP) is 3.31. The summed E-state index contributed by atoms with van der Waals surface area (Å²) < 4.78 is 10.6. The van der Waals surface area contributed by atoms with Gasteiger partial charge in [-0.25, -0.2) is 0 Å². The molecular formula is C21H26N2O3. The number of likely N-dealkylation sites (tertiary alicyclic amines) is 1. The normalized spacial score (nSPS) is 17.2. The van der Waals surface area contributed by atoms with Crippen molar-refractivity contribution in [1.82, 2.24) is 4.90 Å². The Bertz CT molecular complexity index is 705. The molecule has 1 aliphatic rings. The van der Waals surface area contributed by atoms with Gasteiger partial charge in [0.1, 0.15) is 12.4 Å². The van der Waals surface area contributed by atoms with Crippen LogP contribution in [0.15, 0.2) is 54.6 Å². The lowest BCUT2D eigenvalue weighted by Gasteiger charge is -2.23. The number of methoxy groups -OCH3 is 1. The minimum absolute atomic E-state index is 0.0486. The fraction of sp³-hybridized carbons (Fsp3) is 0.381. The third-order valence-electron chi connectivity index (χ3n) is 4.55. The molecule has 1 fully saturated rings. The van der Waals surface area contributed by atoms with E-state index in [0.717, 1.165) is 37.4 Å². The number of rotatable bonds is 8. The van der Waals surface area contributed by atoms with Gasteiger partial charge in [0.2, 0.25) is 5.91 Å². The molecule has 1 amide bonds. The van der Waals surface area contributed by atoms with Gasteiger partial charge in [-0.3, -0.25) is 9.69 Å². The number of benzene rings is 2. The largest absolute Gasteiger partial charge is 0.491 e. The Morgan fingerprint density at radius 3 is 2.81 bits per heavy atom. The monoisotopic (exact) mass is 354 g/mol. The molecule has 3 rings (SSSR count). The van der Waals surface area contributed by atoms with E-state index in [0.29, 0.717) is 13.2 Å². The summed E-state index contributed by atoms with van der Waals surface area (Å²) in [6, 6.07) is 17.7. The van der Waals surface area contributed by atoms with Gasteiger partial charge in [0, 0.05) is 25.4 Å². The molecular weight excluding hydrogens is 328 g/mol. The van der Waals surface area contributed by atoms with Crippen LogP contribution >= 0.6 is 0 Å². The molecule has 5 heteroatoms. The summed E-state index contributed by atoms with van der Waals surface area (Å²) in [5, 5.41) is 3.04. The first-order chi connectivity index (χ1) is 12.8. The topological polar surface area (TPSA) is 50.8 Å². The maximum absolute atomic E-state index is 12.8. The van der Waals surface area contributed by atoms with Crippen molar-refractivity contribution >= 4 is 11.6 Å². The van der Waals surface area contributed by atoms with Crippen LogP contribution in [0.4, 0.5) is 5.69 Å². The molecule has 0 bridgehead atoms. The molecule has 1 N–H and O–H groups in total. The van der Waals surface area contributed by atoms with Crippen molar-refractivity contribution < 1.29 is 14.3 Å². The van der Waals surface area contributed by atoms with Gasteiger partial charge in [-0.05, 0) is 37.1 Å². The molecule has 1 atom stereocenters. The van der Waals surface area contributed by atoms with Crippen LogP contribution in [0.1, 0.15) is 18.4 Å². The van der Waals surface area contributed by atoms with Crippen molar-refractivity contribution in [1.29, 1.82) is 0 Å². The molecule has 1 heterocycles. The first-order valence-electron chi connectivity index (χ1n) is 9.07. The zero-order valence-electron chi connectivity index (χ0n) is 15.2. The van der Waals surface area contributed by atoms with E-state index in [4.69, 9.17) is 9.47 Å². The molecule has 5 nitrogen and oxygen atoms in total. The quantitative estimate of drug-likeness (QED) is 0.739. The summed E-state index contributed by atoms with van der Waals surface area (Å²) in [5.41, 5.74) is 2.00. The van der Waals surface area contributed by atoms with E-state index < -0.39 is 0 Å². The number of carbonyl (C=O) groups excluding carboxylic acids is 1. The van der Waals surface area contributed by atoms with Crippen molar-refractivity contribution in [2.75, 3.05) is 32.2 Å². The van der Waals surface area contributed by atoms with E-state index in [1.807, 2.05) is 42.5 Å². The van der Waals surface area contributed by atoms with Gasteiger partial charge in [0.25, 0.3) is 0 Å². The number of amides is 1. The first kappa shape index (κ1) is 18.4. The van der Waals surface area contributed by atoms with Crippen LogP contribution in [0, 0.1) is 0 Å². The number of carbonyl (C=O) groups is 1. The van der Waals surface area contributed by atoms with Crippen molar-refractivity contribution in [2.45, 2.75) is 25.4 Å². The number of nitrogens with zero attached hydrogens (tertiary/aromatic N) is 1. The van der Waals surface area contributed by atoms with E-state index in [-0.39, 0.29) is 11.9 Å². The van der Waals surface area contributed by atoms with Crippen molar-refractivity contribution in [3.8, 4) is 5.75 Å². The molecule has 0 spiro atoms. The van der Waals surface area contributed by atoms with Crippen LogP contribution in [0.25, 0.3) is 0 Å². The lowest BCUT2D eigenvalue weighted by atomic mass is 10.1. The average Bonchev–Trinajstić information content (AvgIpc) is 3.11. The molecule has 1 aliphatic heterocycles. The van der Waals surface area contributed by atoms with Gasteiger partial charge in [-0.2, -0.15) is 0 Å². The third kappa shape index (κ3) is 5.07. The summed E-state index contributed by atoms with van der Waals surface area (Å²) in [6.07, 6.45) is 1.94. The van der Waals surface area contributed by atoms with E-state index >= 15 is 0 Å². The Kier molecular flexibility index (Phi) is 6.63. The van der Waals surface area contributed by atoms with Crippen molar-refractivity contribution in [2.24, 2.45) is 0 Å². The standard InChI is InChI=1S/C21H26N2O3/c1-25-13-14-26-19-10-5-9-18(15-19)22-21(24)20-11-6-12-23(20)16-17-7-3-2-4-8-17/h2-5,7-10,15,20H,6,11-14,16H2,1H3,(H,22,24). The summed E-state index contributed by atoms with van der Waals surface area (Å²) in [4.78, 5) is 15.0. The van der Waals surface area contributed by atoms with Crippen molar-refractivity contribution in [3.05, 3.63) is 60.2 Å². The molecule has 0 aliphatic carbocycles. The zero-order chi connectivity index (χ0) is 18.2. The highest BCUT2D eigenvalue weighted by atomic mass is 16.5. The number of ether oxygens (including phenoxy) is 2. The maximum Gasteiger partial charge on any atom is 0.241 e. The maximum atomic E-state index is 12.8. The Hall–Kier alpha value is -2.37. The van der Waals surface area contributed by atoms with E-state index in [1.165, 1.54) is 5.56 Å². The molecule has 0 saturated carbocycles. The van der Waals surface area contributed by atoms with Gasteiger partial charge in [0.15, 0.2) is 0 Å². The first-order valence-corrected chi connectivity index (χ1v) is 9.07. The smallest absolute Gasteiger partial charge is 0.241 e. The fourth-order valence-electron chi connectivity index (χ4n) is 3.26. The Morgan fingerprint density at radius 2 is 2.00 bits per heavy atom. The summed E-state index contributed by atoms with van der Waals surface area (Å²) >= 11 is 0. The second kappa shape index (κ2) is 9.36. The fourth-order valence-corrected chi connectivity index (χ4v) is 3.26. The average molecular weight is 354 g/mol. The van der Waals surface area contributed by atoms with Crippen LogP contribution in [0.5, 0.6) is 5.75 Å². The molecule has 0 radical (unpaired) electrons. The van der Waals surface area contributed by atoms with Gasteiger partial charge >= 0.3 is 0 Å². The summed E-state index contributed by atoms with van der Waals surface area (Å²) in [6.45, 7) is 2.78. The highest BCUT2D eigenvalue weighted by Gasteiger charge is 2.30. The lowest BCUT2D eigenvalue weighted by Crippen LogP contribution is -2.39. The number of anilines is 1. The second-order valence-corrected chi connectivity index (χ2v) is 6.47. The molecule has 0 aromatic heterocycles. The van der Waals surface area contributed by atoms with Crippen LogP contribution in [-0.4, -0.2) is 43.7 Å². The predicted molar refractivity (Wildman–Crippen MR) is 102 cm³/mol. The summed E-state index contributed by atoms with van der Waals surface area (Å²) in [7, 11) is 1.64. The Morgan fingerprint density at radius 1 is 1.15 bits per heavy atom. The molecule has 2 aromatic carbocycles. The molecule has 138 valence electrons. The minimum Gasteiger partial charge on any atom is -0.491 e. The lowest BCUT2D eigenvalue weighted by molar-refractivity contribution is -0.120. The molecule has 26 heavy (non-hydrogen) atoms. The van der Waals surface area contributed by atoms with Crippen LogP contribution in [0.2, 0.25) is 0 Å².